The Balaban J connectivity index is 3.84. The van der Waals surface area contributed by atoms with Gasteiger partial charge in [-0.15, -0.1) is 0 Å². The maximum Gasteiger partial charge on any atom is 0.372 e. The van der Waals surface area contributed by atoms with Crippen LogP contribution in [-0.2, 0) is 29.0 Å². The molecule has 0 spiro atoms. The fourth-order valence-electron chi connectivity index (χ4n) is 1.18. The first-order valence-corrected chi connectivity index (χ1v) is 6.11. The molecule has 120 valence electrons. The molecule has 0 saturated heterocycles. The average Bonchev–Trinajstić information content (AvgIpc) is 2.41. The summed E-state index contributed by atoms with van der Waals surface area (Å²) in [4.78, 5) is 51.4. The van der Waals surface area contributed by atoms with E-state index < -0.39 is 36.0 Å². The van der Waals surface area contributed by atoms with Crippen LogP contribution in [0.15, 0.2) is 0 Å². The number of rotatable bonds is 9. The van der Waals surface area contributed by atoms with Crippen molar-refractivity contribution in [2.24, 2.45) is 11.5 Å². The van der Waals surface area contributed by atoms with Gasteiger partial charge in [0.1, 0.15) is 12.1 Å². The summed E-state index contributed by atoms with van der Waals surface area (Å²) in [5.74, 6) is -4.25. The van der Waals surface area contributed by atoms with Crippen LogP contribution in [0.4, 0.5) is 0 Å². The molecule has 2 unspecified atom stereocenters. The topological polar surface area (TPSA) is 179 Å². The van der Waals surface area contributed by atoms with E-state index in [9.17, 15) is 19.2 Å². The van der Waals surface area contributed by atoms with Crippen LogP contribution in [0.5, 0.6) is 0 Å². The van der Waals surface area contributed by atoms with Crippen LogP contribution in [0.2, 0.25) is 0 Å². The zero-order valence-electron chi connectivity index (χ0n) is 11.2. The third kappa shape index (κ3) is 9.35. The summed E-state index contributed by atoms with van der Waals surface area (Å²) in [6.45, 7) is 0. The number of carbonyl (C=O) groups excluding carboxylic acids is 2. The van der Waals surface area contributed by atoms with Crippen molar-refractivity contribution in [2.75, 3.05) is 0 Å². The van der Waals surface area contributed by atoms with Gasteiger partial charge in [-0.1, -0.05) is 0 Å². The highest BCUT2D eigenvalue weighted by molar-refractivity contribution is 5.77. The third-order valence-electron chi connectivity index (χ3n) is 2.40. The number of hydrogen-bond donors (Lipinski definition) is 4. The number of hydrogen-bond acceptors (Lipinski definition) is 8. The largest absolute Gasteiger partial charge is 0.481 e. The number of nitrogens with two attached hydrogens (primary N) is 2. The lowest BCUT2D eigenvalue weighted by Crippen LogP contribution is -2.33. The molecular weight excluding hydrogens is 288 g/mol. The van der Waals surface area contributed by atoms with Gasteiger partial charge in [-0.05, 0) is 19.3 Å². The second kappa shape index (κ2) is 9.66. The summed E-state index contributed by atoms with van der Waals surface area (Å²) in [5.41, 5.74) is 10.5. The molecule has 0 aliphatic carbocycles. The minimum absolute atomic E-state index is 0.0660. The minimum Gasteiger partial charge on any atom is -0.481 e. The fourth-order valence-corrected chi connectivity index (χ4v) is 1.18. The summed E-state index contributed by atoms with van der Waals surface area (Å²) in [6.07, 6.45) is -0.444. The number of carboxylic acids is 2. The van der Waals surface area contributed by atoms with Crippen LogP contribution in [-0.4, -0.2) is 46.2 Å². The Kier molecular flexibility index (Phi) is 8.65. The maximum atomic E-state index is 11.2. The highest BCUT2D eigenvalue weighted by atomic mass is 17.2. The molecule has 0 bridgehead atoms. The molecule has 0 heterocycles. The lowest BCUT2D eigenvalue weighted by molar-refractivity contribution is -0.260. The van der Waals surface area contributed by atoms with E-state index in [0.29, 0.717) is 0 Å². The predicted molar refractivity (Wildman–Crippen MR) is 66.5 cm³/mol. The molecule has 0 rings (SSSR count). The summed E-state index contributed by atoms with van der Waals surface area (Å²) in [7, 11) is 0. The van der Waals surface area contributed by atoms with E-state index in [2.05, 4.69) is 9.78 Å². The van der Waals surface area contributed by atoms with Crippen molar-refractivity contribution in [1.29, 1.82) is 0 Å². The Hall–Kier alpha value is -2.20. The monoisotopic (exact) mass is 306 g/mol. The Morgan fingerprint density at radius 3 is 2.05 bits per heavy atom. The molecule has 0 aromatic carbocycles. The van der Waals surface area contributed by atoms with Crippen molar-refractivity contribution in [1.82, 2.24) is 0 Å². The molecule has 0 saturated carbocycles. The maximum absolute atomic E-state index is 11.2. The molecule has 6 N–H and O–H groups in total. The molecule has 0 fully saturated rings. The van der Waals surface area contributed by atoms with Crippen LogP contribution in [0.3, 0.4) is 0 Å². The third-order valence-corrected chi connectivity index (χ3v) is 2.40. The van der Waals surface area contributed by atoms with E-state index in [0.717, 1.165) is 0 Å². The standard InChI is InChI=1S/C11H18N2O8/c12-6(10(17)18)2-1-3-9(16)20-21-11(19)7(13)4-5-8(14)15/h6-7H,1-5,12-13H2,(H,14,15)(H,17,18). The van der Waals surface area contributed by atoms with Crippen molar-refractivity contribution < 1.29 is 39.2 Å². The predicted octanol–water partition coefficient (Wildman–Crippen LogP) is -1.24. The number of carbonyl (C=O) groups is 4. The average molecular weight is 306 g/mol. The number of carboxylic acid groups (broad SMARTS) is 2. The smallest absolute Gasteiger partial charge is 0.372 e. The van der Waals surface area contributed by atoms with Crippen molar-refractivity contribution >= 4 is 23.9 Å². The summed E-state index contributed by atoms with van der Waals surface area (Å²) in [6, 6.07) is -2.29. The fraction of sp³-hybridized carbons (Fsp3) is 0.636. The van der Waals surface area contributed by atoms with Gasteiger partial charge in [0.05, 0.1) is 6.42 Å². The van der Waals surface area contributed by atoms with Crippen LogP contribution >= 0.6 is 0 Å². The summed E-state index contributed by atoms with van der Waals surface area (Å²) >= 11 is 0. The highest BCUT2D eigenvalue weighted by Gasteiger charge is 2.19. The van der Waals surface area contributed by atoms with E-state index >= 15 is 0 Å². The molecule has 21 heavy (non-hydrogen) atoms. The van der Waals surface area contributed by atoms with Gasteiger partial charge < -0.3 is 21.7 Å². The SMILES string of the molecule is NC(CCCC(=O)OOC(=O)C(N)CCC(=O)O)C(=O)O. The first-order valence-electron chi connectivity index (χ1n) is 6.11. The molecular formula is C11H18N2O8. The van der Waals surface area contributed by atoms with Crippen LogP contribution in [0, 0.1) is 0 Å². The minimum atomic E-state index is -1.21. The van der Waals surface area contributed by atoms with Gasteiger partial charge in [0.25, 0.3) is 0 Å². The van der Waals surface area contributed by atoms with Crippen molar-refractivity contribution in [2.45, 2.75) is 44.2 Å². The Labute approximate surface area is 119 Å². The van der Waals surface area contributed by atoms with Gasteiger partial charge >= 0.3 is 23.9 Å². The van der Waals surface area contributed by atoms with Crippen molar-refractivity contribution in [3.05, 3.63) is 0 Å². The van der Waals surface area contributed by atoms with Crippen molar-refractivity contribution in [3.8, 4) is 0 Å². The molecule has 0 aliphatic heterocycles. The Morgan fingerprint density at radius 1 is 0.905 bits per heavy atom. The quantitative estimate of drug-likeness (QED) is 0.297. The van der Waals surface area contributed by atoms with Crippen LogP contribution < -0.4 is 11.5 Å². The zero-order valence-corrected chi connectivity index (χ0v) is 11.2. The van der Waals surface area contributed by atoms with Gasteiger partial charge in [-0.3, -0.25) is 9.59 Å². The van der Waals surface area contributed by atoms with E-state index in [1.165, 1.54) is 0 Å². The lowest BCUT2D eigenvalue weighted by Gasteiger charge is -2.08. The molecule has 10 heteroatoms. The van der Waals surface area contributed by atoms with E-state index in [-0.39, 0.29) is 32.1 Å². The molecule has 0 aromatic heterocycles. The van der Waals surface area contributed by atoms with Gasteiger partial charge in [0, 0.05) is 6.42 Å². The van der Waals surface area contributed by atoms with Gasteiger partial charge in [0.15, 0.2) is 0 Å². The van der Waals surface area contributed by atoms with Gasteiger partial charge in [-0.2, -0.15) is 0 Å². The van der Waals surface area contributed by atoms with Gasteiger partial charge in [0.2, 0.25) is 0 Å². The Bertz CT molecular complexity index is 398. The first-order chi connectivity index (χ1) is 9.73. The molecule has 10 nitrogen and oxygen atoms in total. The van der Waals surface area contributed by atoms with Crippen LogP contribution in [0.1, 0.15) is 32.1 Å². The van der Waals surface area contributed by atoms with E-state index in [1.807, 2.05) is 0 Å². The second-order valence-corrected chi connectivity index (χ2v) is 4.23. The summed E-state index contributed by atoms with van der Waals surface area (Å²) in [5, 5.41) is 16.9. The number of aliphatic carboxylic acids is 2. The Morgan fingerprint density at radius 2 is 1.52 bits per heavy atom. The van der Waals surface area contributed by atoms with Crippen LogP contribution in [0.25, 0.3) is 0 Å². The summed E-state index contributed by atoms with van der Waals surface area (Å²) < 4.78 is 0. The molecule has 2 atom stereocenters. The first kappa shape index (κ1) is 18.8. The molecule has 0 amide bonds. The lowest BCUT2D eigenvalue weighted by atomic mass is 10.1. The van der Waals surface area contributed by atoms with E-state index in [1.54, 1.807) is 0 Å². The molecule has 0 aromatic rings. The highest BCUT2D eigenvalue weighted by Crippen LogP contribution is 2.03. The van der Waals surface area contributed by atoms with Gasteiger partial charge in [-0.25, -0.2) is 19.4 Å². The van der Waals surface area contributed by atoms with E-state index in [4.69, 9.17) is 21.7 Å². The molecule has 0 radical (unpaired) electrons. The molecule has 0 aliphatic rings. The zero-order chi connectivity index (χ0) is 16.4. The van der Waals surface area contributed by atoms with Crippen molar-refractivity contribution in [3.63, 3.8) is 0 Å². The normalized spacial score (nSPS) is 13.0. The second-order valence-electron chi connectivity index (χ2n) is 4.23.